The van der Waals surface area contributed by atoms with Crippen LogP contribution in [0.25, 0.3) is 0 Å². The van der Waals surface area contributed by atoms with Crippen molar-refractivity contribution in [2.75, 3.05) is 44.4 Å². The molecule has 1 aromatic heterocycles. The maximum Gasteiger partial charge on any atom is 0.194 e. The molecular weight excluding hydrogens is 473 g/mol. The van der Waals surface area contributed by atoms with Gasteiger partial charge in [-0.2, -0.15) is 0 Å². The van der Waals surface area contributed by atoms with Crippen LogP contribution >= 0.6 is 35.3 Å². The Morgan fingerprint density at radius 3 is 2.68 bits per heavy atom. The summed E-state index contributed by atoms with van der Waals surface area (Å²) in [5.41, 5.74) is 0.919. The highest BCUT2D eigenvalue weighted by molar-refractivity contribution is 14.0. The number of halogens is 1. The van der Waals surface area contributed by atoms with Crippen molar-refractivity contribution in [2.24, 2.45) is 4.99 Å². The third-order valence-electron chi connectivity index (χ3n) is 3.99. The zero-order chi connectivity index (χ0) is 18.0. The minimum atomic E-state index is -3.06. The molecule has 2 heterocycles. The summed E-state index contributed by atoms with van der Waals surface area (Å²) in [6.07, 6.45) is 0. The summed E-state index contributed by atoms with van der Waals surface area (Å²) < 4.78 is 23.6. The molecule has 0 radical (unpaired) electrons. The Kier molecular flexibility index (Phi) is 7.94. The van der Waals surface area contributed by atoms with Crippen molar-refractivity contribution in [2.45, 2.75) is 32.1 Å². The first-order chi connectivity index (χ1) is 11.2. The fourth-order valence-corrected chi connectivity index (χ4v) is 4.60. The topological polar surface area (TPSA) is 77.9 Å². The molecule has 1 aromatic rings. The van der Waals surface area contributed by atoms with E-state index in [9.17, 15) is 8.42 Å². The number of anilines is 1. The predicted molar refractivity (Wildman–Crippen MR) is 116 cm³/mol. The van der Waals surface area contributed by atoms with Gasteiger partial charge in [0.05, 0.1) is 22.7 Å². The SMILES string of the molecule is CCNC(=NCc1csc(N(C)C)n1)N1CCS(=O)(=O)C(C)(C)C1.I. The Bertz CT molecular complexity index is 701. The van der Waals surface area contributed by atoms with Gasteiger partial charge in [0.25, 0.3) is 0 Å². The standard InChI is InChI=1S/C15H27N5O2S2.HI/c1-6-16-13(17-9-12-10-23-14(18-12)19(4)5)20-7-8-24(21,22)15(2,3)11-20;/h10H,6-9,11H2,1-5H3,(H,16,17);1H. The Hall–Kier alpha value is -0.620. The molecule has 144 valence electrons. The molecule has 0 unspecified atom stereocenters. The molecule has 0 amide bonds. The fourth-order valence-electron chi connectivity index (χ4n) is 2.48. The minimum Gasteiger partial charge on any atom is -0.357 e. The van der Waals surface area contributed by atoms with E-state index in [4.69, 9.17) is 0 Å². The normalized spacial score (nSPS) is 19.2. The molecule has 1 aliphatic rings. The third kappa shape index (κ3) is 5.43. The summed E-state index contributed by atoms with van der Waals surface area (Å²) >= 11 is 1.59. The molecule has 1 fully saturated rings. The Balaban J connectivity index is 0.00000312. The summed E-state index contributed by atoms with van der Waals surface area (Å²) in [6, 6.07) is 0. The number of aliphatic imine (C=N–C) groups is 1. The van der Waals surface area contributed by atoms with E-state index in [0.717, 1.165) is 23.3 Å². The second kappa shape index (κ2) is 8.85. The monoisotopic (exact) mass is 501 g/mol. The first kappa shape index (κ1) is 22.4. The zero-order valence-corrected chi connectivity index (χ0v) is 19.4. The van der Waals surface area contributed by atoms with E-state index in [-0.39, 0.29) is 29.7 Å². The molecule has 10 heteroatoms. The molecule has 0 spiro atoms. The summed E-state index contributed by atoms with van der Waals surface area (Å²) in [4.78, 5) is 13.2. The van der Waals surface area contributed by atoms with Gasteiger partial charge in [-0.25, -0.2) is 18.4 Å². The van der Waals surface area contributed by atoms with Crippen molar-refractivity contribution in [3.05, 3.63) is 11.1 Å². The molecule has 1 N–H and O–H groups in total. The molecule has 2 rings (SSSR count). The summed E-state index contributed by atoms with van der Waals surface area (Å²) in [5.74, 6) is 0.909. The lowest BCUT2D eigenvalue weighted by Crippen LogP contribution is -2.57. The van der Waals surface area contributed by atoms with Crippen molar-refractivity contribution >= 4 is 56.2 Å². The van der Waals surface area contributed by atoms with Crippen molar-refractivity contribution in [1.29, 1.82) is 0 Å². The van der Waals surface area contributed by atoms with Gasteiger partial charge in [0.1, 0.15) is 0 Å². The highest BCUT2D eigenvalue weighted by atomic mass is 127. The first-order valence-corrected chi connectivity index (χ1v) is 10.6. The fraction of sp³-hybridized carbons (Fsp3) is 0.733. The van der Waals surface area contributed by atoms with E-state index in [1.807, 2.05) is 36.2 Å². The Labute approximate surface area is 171 Å². The molecule has 0 aliphatic carbocycles. The van der Waals surface area contributed by atoms with Crippen molar-refractivity contribution in [3.63, 3.8) is 0 Å². The van der Waals surface area contributed by atoms with Gasteiger partial charge >= 0.3 is 0 Å². The van der Waals surface area contributed by atoms with E-state index in [0.29, 0.717) is 19.6 Å². The number of sulfone groups is 1. The Morgan fingerprint density at radius 2 is 2.16 bits per heavy atom. The van der Waals surface area contributed by atoms with Crippen LogP contribution in [-0.2, 0) is 16.4 Å². The van der Waals surface area contributed by atoms with Crippen LogP contribution in [0.2, 0.25) is 0 Å². The summed E-state index contributed by atoms with van der Waals surface area (Å²) in [7, 11) is 0.873. The largest absolute Gasteiger partial charge is 0.357 e. The molecule has 1 aliphatic heterocycles. The number of rotatable bonds is 4. The number of nitrogens with one attached hydrogen (secondary N) is 1. The van der Waals surface area contributed by atoms with Gasteiger partial charge in [-0.05, 0) is 20.8 Å². The number of aromatic nitrogens is 1. The van der Waals surface area contributed by atoms with E-state index in [2.05, 4.69) is 15.3 Å². The van der Waals surface area contributed by atoms with Gasteiger partial charge in [0.15, 0.2) is 20.9 Å². The van der Waals surface area contributed by atoms with Gasteiger partial charge in [0, 0.05) is 39.1 Å². The lowest BCUT2D eigenvalue weighted by atomic mass is 10.2. The van der Waals surface area contributed by atoms with Gasteiger partial charge in [-0.15, -0.1) is 35.3 Å². The van der Waals surface area contributed by atoms with Crippen LogP contribution in [-0.4, -0.2) is 68.5 Å². The maximum absolute atomic E-state index is 12.2. The van der Waals surface area contributed by atoms with Gasteiger partial charge in [0.2, 0.25) is 0 Å². The molecule has 0 bridgehead atoms. The third-order valence-corrected chi connectivity index (χ3v) is 7.58. The summed E-state index contributed by atoms with van der Waals surface area (Å²) in [5, 5.41) is 6.22. The van der Waals surface area contributed by atoms with Crippen LogP contribution in [0.1, 0.15) is 26.5 Å². The average molecular weight is 501 g/mol. The van der Waals surface area contributed by atoms with Crippen molar-refractivity contribution in [1.82, 2.24) is 15.2 Å². The van der Waals surface area contributed by atoms with Gasteiger partial charge in [-0.3, -0.25) is 0 Å². The maximum atomic E-state index is 12.2. The molecule has 25 heavy (non-hydrogen) atoms. The molecule has 0 saturated carbocycles. The molecule has 0 aromatic carbocycles. The number of hydrogen-bond acceptors (Lipinski definition) is 6. The second-order valence-electron chi connectivity index (χ2n) is 6.69. The van der Waals surface area contributed by atoms with Gasteiger partial charge < -0.3 is 15.1 Å². The van der Waals surface area contributed by atoms with E-state index >= 15 is 0 Å². The minimum absolute atomic E-state index is 0. The number of nitrogens with zero attached hydrogens (tertiary/aromatic N) is 4. The zero-order valence-electron chi connectivity index (χ0n) is 15.4. The number of guanidine groups is 1. The molecule has 7 nitrogen and oxygen atoms in total. The lowest BCUT2D eigenvalue weighted by Gasteiger charge is -2.39. The highest BCUT2D eigenvalue weighted by Gasteiger charge is 2.40. The molecular formula is C15H28IN5O2S2. The molecule has 1 saturated heterocycles. The van der Waals surface area contributed by atoms with Crippen LogP contribution in [0.5, 0.6) is 0 Å². The van der Waals surface area contributed by atoms with Crippen LogP contribution in [0.15, 0.2) is 10.4 Å². The van der Waals surface area contributed by atoms with Crippen LogP contribution in [0.3, 0.4) is 0 Å². The van der Waals surface area contributed by atoms with Crippen molar-refractivity contribution in [3.8, 4) is 0 Å². The lowest BCUT2D eigenvalue weighted by molar-refractivity contribution is 0.353. The Morgan fingerprint density at radius 1 is 1.48 bits per heavy atom. The smallest absolute Gasteiger partial charge is 0.194 e. The molecule has 0 atom stereocenters. The first-order valence-electron chi connectivity index (χ1n) is 8.03. The van der Waals surface area contributed by atoms with Crippen molar-refractivity contribution < 1.29 is 8.42 Å². The van der Waals surface area contributed by atoms with E-state index < -0.39 is 14.6 Å². The summed E-state index contributed by atoms with van der Waals surface area (Å²) in [6.45, 7) is 7.70. The van der Waals surface area contributed by atoms with Crippen LogP contribution in [0, 0.1) is 0 Å². The van der Waals surface area contributed by atoms with E-state index in [1.165, 1.54) is 0 Å². The van der Waals surface area contributed by atoms with Gasteiger partial charge in [-0.1, -0.05) is 0 Å². The highest BCUT2D eigenvalue weighted by Crippen LogP contribution is 2.24. The number of thiazole rings is 1. The van der Waals surface area contributed by atoms with Crippen LogP contribution in [0.4, 0.5) is 5.13 Å². The van der Waals surface area contributed by atoms with E-state index in [1.54, 1.807) is 25.2 Å². The average Bonchev–Trinajstić information content (AvgIpc) is 2.95. The predicted octanol–water partition coefficient (Wildman–Crippen LogP) is 1.80. The number of hydrogen-bond donors (Lipinski definition) is 1. The second-order valence-corrected chi connectivity index (χ2v) is 10.3. The quantitative estimate of drug-likeness (QED) is 0.385. The van der Waals surface area contributed by atoms with Crippen LogP contribution < -0.4 is 10.2 Å².